The maximum atomic E-state index is 10.00. The van der Waals surface area contributed by atoms with Crippen molar-refractivity contribution in [3.05, 3.63) is 35.9 Å². The predicted molar refractivity (Wildman–Crippen MR) is 66.2 cm³/mol. The van der Waals surface area contributed by atoms with E-state index in [-0.39, 0.29) is 6.10 Å². The Morgan fingerprint density at radius 2 is 2.13 bits per heavy atom. The van der Waals surface area contributed by atoms with Crippen molar-refractivity contribution in [1.82, 2.24) is 0 Å². The summed E-state index contributed by atoms with van der Waals surface area (Å²) in [5.74, 6) is 2.92. The molecule has 15 heavy (non-hydrogen) atoms. The van der Waals surface area contributed by atoms with Gasteiger partial charge in [0.05, 0.1) is 6.10 Å². The van der Waals surface area contributed by atoms with Gasteiger partial charge in [0, 0.05) is 0 Å². The molecule has 2 atom stereocenters. The lowest BCUT2D eigenvalue weighted by Crippen LogP contribution is -2.20. The predicted octanol–water partition coefficient (Wildman–Crippen LogP) is 2.73. The van der Waals surface area contributed by atoms with E-state index in [9.17, 15) is 5.11 Å². The van der Waals surface area contributed by atoms with Gasteiger partial charge >= 0.3 is 0 Å². The Bertz CT molecular complexity index is 280. The zero-order valence-corrected chi connectivity index (χ0v) is 9.75. The monoisotopic (exact) mass is 222 g/mol. The molecule has 1 aliphatic heterocycles. The molecule has 1 saturated heterocycles. The summed E-state index contributed by atoms with van der Waals surface area (Å²) in [7, 11) is 0. The summed E-state index contributed by atoms with van der Waals surface area (Å²) >= 11 is 1.97. The van der Waals surface area contributed by atoms with E-state index in [0.29, 0.717) is 5.92 Å². The van der Waals surface area contributed by atoms with Crippen LogP contribution < -0.4 is 0 Å². The van der Waals surface area contributed by atoms with Gasteiger partial charge in [0.25, 0.3) is 0 Å². The molecular formula is C13H18OS. The smallest absolute Gasteiger partial charge is 0.0579 e. The Morgan fingerprint density at radius 3 is 2.80 bits per heavy atom. The van der Waals surface area contributed by atoms with Crippen molar-refractivity contribution in [3.63, 3.8) is 0 Å². The zero-order valence-electron chi connectivity index (χ0n) is 8.93. The van der Waals surface area contributed by atoms with E-state index < -0.39 is 0 Å². The third kappa shape index (κ3) is 3.25. The first-order chi connectivity index (χ1) is 7.36. The van der Waals surface area contributed by atoms with Crippen LogP contribution in [-0.4, -0.2) is 22.7 Å². The average Bonchev–Trinajstić information content (AvgIpc) is 2.81. The molecule has 0 radical (unpaired) electrons. The first-order valence-corrected chi connectivity index (χ1v) is 6.81. The Hall–Kier alpha value is -0.470. The molecule has 0 bridgehead atoms. The van der Waals surface area contributed by atoms with Crippen LogP contribution in [0.15, 0.2) is 30.3 Å². The summed E-state index contributed by atoms with van der Waals surface area (Å²) in [4.78, 5) is 0. The van der Waals surface area contributed by atoms with Gasteiger partial charge in [-0.25, -0.2) is 0 Å². The molecule has 1 fully saturated rings. The Balaban J connectivity index is 1.77. The number of aryl methyl sites for hydroxylation is 1. The lowest BCUT2D eigenvalue weighted by atomic mass is 9.96. The molecule has 1 aromatic carbocycles. The quantitative estimate of drug-likeness (QED) is 0.845. The highest BCUT2D eigenvalue weighted by molar-refractivity contribution is 7.99. The number of rotatable bonds is 4. The maximum Gasteiger partial charge on any atom is 0.0579 e. The highest BCUT2D eigenvalue weighted by atomic mass is 32.2. The van der Waals surface area contributed by atoms with Crippen molar-refractivity contribution in [3.8, 4) is 0 Å². The van der Waals surface area contributed by atoms with Crippen LogP contribution in [0.3, 0.4) is 0 Å². The summed E-state index contributed by atoms with van der Waals surface area (Å²) in [6.07, 6.45) is 3.01. The summed E-state index contributed by atoms with van der Waals surface area (Å²) in [6.45, 7) is 0. The molecule has 1 nitrogen and oxygen atoms in total. The van der Waals surface area contributed by atoms with Crippen molar-refractivity contribution >= 4 is 11.8 Å². The second-order valence-corrected chi connectivity index (χ2v) is 5.37. The van der Waals surface area contributed by atoms with Crippen molar-refractivity contribution < 1.29 is 5.11 Å². The number of benzene rings is 1. The third-order valence-electron chi connectivity index (χ3n) is 3.08. The summed E-state index contributed by atoms with van der Waals surface area (Å²) in [6, 6.07) is 10.4. The highest BCUT2D eigenvalue weighted by Gasteiger charge is 2.22. The number of thioether (sulfide) groups is 1. The average molecular weight is 222 g/mol. The minimum Gasteiger partial charge on any atom is -0.393 e. The van der Waals surface area contributed by atoms with E-state index in [2.05, 4.69) is 24.3 Å². The fraction of sp³-hybridized carbons (Fsp3) is 0.538. The van der Waals surface area contributed by atoms with Crippen LogP contribution in [0.5, 0.6) is 0 Å². The van der Waals surface area contributed by atoms with Gasteiger partial charge in [-0.05, 0) is 42.2 Å². The van der Waals surface area contributed by atoms with Crippen LogP contribution in [0, 0.1) is 5.92 Å². The number of hydrogen-bond acceptors (Lipinski definition) is 2. The normalized spacial score (nSPS) is 22.9. The van der Waals surface area contributed by atoms with Gasteiger partial charge in [-0.15, -0.1) is 0 Å². The molecule has 2 unspecified atom stereocenters. The maximum absolute atomic E-state index is 10.00. The SMILES string of the molecule is OC(CCc1ccccc1)C1CCSC1. The van der Waals surface area contributed by atoms with Crippen molar-refractivity contribution in [2.24, 2.45) is 5.92 Å². The van der Waals surface area contributed by atoms with Gasteiger partial charge in [-0.2, -0.15) is 11.8 Å². The summed E-state index contributed by atoms with van der Waals surface area (Å²) in [5, 5.41) is 10.00. The largest absolute Gasteiger partial charge is 0.393 e. The minimum absolute atomic E-state index is 0.0970. The number of aliphatic hydroxyl groups excluding tert-OH is 1. The van der Waals surface area contributed by atoms with E-state index in [0.717, 1.165) is 18.6 Å². The Kier molecular flexibility index (Phi) is 4.09. The van der Waals surface area contributed by atoms with Gasteiger partial charge in [-0.1, -0.05) is 30.3 Å². The van der Waals surface area contributed by atoms with E-state index in [1.165, 1.54) is 17.7 Å². The van der Waals surface area contributed by atoms with Crippen LogP contribution >= 0.6 is 11.8 Å². The van der Waals surface area contributed by atoms with Crippen LogP contribution in [0.4, 0.5) is 0 Å². The molecule has 1 aromatic rings. The summed E-state index contributed by atoms with van der Waals surface area (Å²) < 4.78 is 0. The van der Waals surface area contributed by atoms with Crippen LogP contribution in [-0.2, 0) is 6.42 Å². The van der Waals surface area contributed by atoms with Crippen molar-refractivity contribution in [1.29, 1.82) is 0 Å². The molecule has 82 valence electrons. The molecule has 0 spiro atoms. The van der Waals surface area contributed by atoms with Gasteiger partial charge < -0.3 is 5.11 Å². The standard InChI is InChI=1S/C13H18OS/c14-13(12-8-9-15-10-12)7-6-11-4-2-1-3-5-11/h1-5,12-14H,6-10H2. The molecule has 1 aliphatic rings. The van der Waals surface area contributed by atoms with Gasteiger partial charge in [0.2, 0.25) is 0 Å². The van der Waals surface area contributed by atoms with Crippen LogP contribution in [0.2, 0.25) is 0 Å². The second kappa shape index (κ2) is 5.57. The fourth-order valence-corrected chi connectivity index (χ4v) is 3.38. The second-order valence-electron chi connectivity index (χ2n) is 4.22. The number of hydrogen-bond donors (Lipinski definition) is 1. The molecular weight excluding hydrogens is 204 g/mol. The summed E-state index contributed by atoms with van der Waals surface area (Å²) in [5.41, 5.74) is 1.34. The van der Waals surface area contributed by atoms with E-state index in [1.807, 2.05) is 17.8 Å². The highest BCUT2D eigenvalue weighted by Crippen LogP contribution is 2.27. The molecule has 0 aromatic heterocycles. The lowest BCUT2D eigenvalue weighted by molar-refractivity contribution is 0.111. The van der Waals surface area contributed by atoms with Crippen molar-refractivity contribution in [2.45, 2.75) is 25.4 Å². The van der Waals surface area contributed by atoms with Crippen LogP contribution in [0.25, 0.3) is 0 Å². The topological polar surface area (TPSA) is 20.2 Å². The van der Waals surface area contributed by atoms with E-state index in [1.54, 1.807) is 0 Å². The van der Waals surface area contributed by atoms with Gasteiger partial charge in [0.15, 0.2) is 0 Å². The van der Waals surface area contributed by atoms with Gasteiger partial charge in [-0.3, -0.25) is 0 Å². The molecule has 2 rings (SSSR count). The van der Waals surface area contributed by atoms with Crippen LogP contribution in [0.1, 0.15) is 18.4 Å². The lowest BCUT2D eigenvalue weighted by Gasteiger charge is -2.16. The Labute approximate surface area is 95.9 Å². The molecule has 2 heteroatoms. The van der Waals surface area contributed by atoms with Crippen molar-refractivity contribution in [2.75, 3.05) is 11.5 Å². The van der Waals surface area contributed by atoms with E-state index >= 15 is 0 Å². The zero-order chi connectivity index (χ0) is 10.5. The van der Waals surface area contributed by atoms with E-state index in [4.69, 9.17) is 0 Å². The fourth-order valence-electron chi connectivity index (χ4n) is 2.05. The first-order valence-electron chi connectivity index (χ1n) is 5.66. The molecule has 1 N–H and O–H groups in total. The molecule has 0 saturated carbocycles. The molecule has 1 heterocycles. The molecule has 0 amide bonds. The Morgan fingerprint density at radius 1 is 1.33 bits per heavy atom. The third-order valence-corrected chi connectivity index (χ3v) is 4.27. The molecule has 0 aliphatic carbocycles. The number of aliphatic hydroxyl groups is 1. The first kappa shape index (κ1) is 11.0. The van der Waals surface area contributed by atoms with Gasteiger partial charge in [0.1, 0.15) is 0 Å². The minimum atomic E-state index is -0.0970.